The molecule has 0 aromatic carbocycles. The third kappa shape index (κ3) is 13.6. The van der Waals surface area contributed by atoms with Crippen LogP contribution in [0.1, 0.15) is 52.9 Å². The number of ether oxygens (including phenoxy) is 1. The van der Waals surface area contributed by atoms with Crippen molar-refractivity contribution in [3.63, 3.8) is 0 Å². The van der Waals surface area contributed by atoms with E-state index in [1.165, 1.54) is 39.2 Å². The van der Waals surface area contributed by atoms with E-state index in [9.17, 15) is 4.80 Å². The normalized spacial score (nSPS) is 15.0. The van der Waals surface area contributed by atoms with Gasteiger partial charge in [-0.3, -0.25) is 9.59 Å². The van der Waals surface area contributed by atoms with Crippen molar-refractivity contribution in [3.05, 3.63) is 0 Å². The molecule has 17 heavy (non-hydrogen) atoms. The zero-order valence-electron chi connectivity index (χ0n) is 12.3. The van der Waals surface area contributed by atoms with Crippen molar-refractivity contribution < 1.29 is 14.3 Å². The molecule has 0 saturated heterocycles. The van der Waals surface area contributed by atoms with Crippen molar-refractivity contribution in [3.8, 4) is 0 Å². The van der Waals surface area contributed by atoms with Gasteiger partial charge in [-0.05, 0) is 18.1 Å². The van der Waals surface area contributed by atoms with Crippen LogP contribution in [0.2, 0.25) is 18.1 Å². The molecule has 103 valence electrons. The molecule has 0 unspecified atom stereocenters. The van der Waals surface area contributed by atoms with Gasteiger partial charge in [-0.2, -0.15) is 0 Å². The van der Waals surface area contributed by atoms with Gasteiger partial charge in [0.2, 0.25) is 8.32 Å². The van der Waals surface area contributed by atoms with Crippen LogP contribution in [0.3, 0.4) is 0 Å². The summed E-state index contributed by atoms with van der Waals surface area (Å²) in [6.45, 7) is 10.1. The fourth-order valence-corrected chi connectivity index (χ4v) is 0.884. The van der Waals surface area contributed by atoms with E-state index in [4.69, 9.17) is 4.79 Å². The van der Waals surface area contributed by atoms with Crippen LogP contribution in [0.25, 0.3) is 0 Å². The summed E-state index contributed by atoms with van der Waals surface area (Å²) in [5.74, 6) is 0. The summed E-state index contributed by atoms with van der Waals surface area (Å²) in [5, 5.41) is 0.0208. The molecule has 0 heterocycles. The second-order valence-corrected chi connectivity index (χ2v) is 10.4. The summed E-state index contributed by atoms with van der Waals surface area (Å²) < 4.78 is 3.86. The monoisotopic (exact) mass is 261 g/mol. The first-order valence-corrected chi connectivity index (χ1v) is 9.24. The zero-order chi connectivity index (χ0) is 13.9. The maximum Gasteiger partial charge on any atom is 0.292 e. The minimum atomic E-state index is -2.11. The molecule has 0 atom stereocenters. The quantitative estimate of drug-likeness (QED) is 0.525. The average Bonchev–Trinajstić information content (AvgIpc) is 2.73. The Bertz CT molecular complexity index is 156. The highest BCUT2D eigenvalue weighted by Gasteiger charge is 2.35. The maximum atomic E-state index is 11.3. The van der Waals surface area contributed by atoms with Gasteiger partial charge in [0.25, 0.3) is 6.47 Å². The Morgan fingerprint density at radius 1 is 1.00 bits per heavy atom. The minimum absolute atomic E-state index is 0.0208. The summed E-state index contributed by atoms with van der Waals surface area (Å²) in [6, 6.07) is 0. The summed E-state index contributed by atoms with van der Waals surface area (Å²) in [4.78, 5) is 20.2. The highest BCUT2D eigenvalue weighted by Crippen LogP contribution is 2.33. The van der Waals surface area contributed by atoms with E-state index >= 15 is 0 Å². The van der Waals surface area contributed by atoms with Crippen LogP contribution >= 0.6 is 0 Å². The molecule has 0 N–H and O–H groups in total. The molecule has 4 heteroatoms. The van der Waals surface area contributed by atoms with E-state index < -0.39 is 8.32 Å². The van der Waals surface area contributed by atoms with Crippen LogP contribution in [-0.2, 0) is 14.3 Å². The molecule has 1 rings (SSSR count). The molecule has 0 aliphatic heterocycles. The Labute approximate surface area is 108 Å². The van der Waals surface area contributed by atoms with E-state index in [0.717, 1.165) is 0 Å². The fraction of sp³-hybridized carbons (Fsp3) is 0.923. The predicted molar refractivity (Wildman–Crippen MR) is 74.0 cm³/mol. The van der Waals surface area contributed by atoms with Gasteiger partial charge in [0.15, 0.2) is 0 Å². The molecule has 0 aromatic heterocycles. The number of hydrogen-bond donors (Lipinski definition) is 0. The van der Waals surface area contributed by atoms with Gasteiger partial charge >= 0.3 is 0 Å². The molecule has 1 saturated carbocycles. The predicted octanol–water partition coefficient (Wildman–Crippen LogP) is 4.16. The first-order chi connectivity index (χ1) is 7.66. The molecule has 0 spiro atoms. The molecule has 1 aliphatic carbocycles. The Balaban J connectivity index is 0. The SMILES string of the molecule is C1CCCC1.CC(C)(C)[Si](C)(C)[O].COC=O. The third-order valence-electron chi connectivity index (χ3n) is 3.15. The molecule has 3 nitrogen and oxygen atoms in total. The van der Waals surface area contributed by atoms with E-state index in [1.807, 2.05) is 33.9 Å². The molecular formula is C13H29O3Si. The van der Waals surface area contributed by atoms with Crippen molar-refractivity contribution in [2.75, 3.05) is 7.11 Å². The highest BCUT2D eigenvalue weighted by atomic mass is 28.4. The molecule has 0 aromatic rings. The number of carbonyl (C=O) groups excluding carboxylic acids is 1. The van der Waals surface area contributed by atoms with Crippen molar-refractivity contribution >= 4 is 14.8 Å². The first kappa shape index (κ1) is 19.0. The van der Waals surface area contributed by atoms with Crippen molar-refractivity contribution in [1.82, 2.24) is 0 Å². The first-order valence-electron chi connectivity index (χ1n) is 6.33. The average molecular weight is 261 g/mol. The lowest BCUT2D eigenvalue weighted by atomic mass is 10.2. The Morgan fingerprint density at radius 2 is 1.18 bits per heavy atom. The largest absolute Gasteiger partial charge is 0.471 e. The minimum Gasteiger partial charge on any atom is -0.471 e. The summed E-state index contributed by atoms with van der Waals surface area (Å²) >= 11 is 0. The Kier molecular flexibility index (Phi) is 10.8. The lowest BCUT2D eigenvalue weighted by Crippen LogP contribution is -2.35. The molecule has 1 radical (unpaired) electrons. The topological polar surface area (TPSA) is 46.2 Å². The van der Waals surface area contributed by atoms with Gasteiger partial charge in [0.05, 0.1) is 7.11 Å². The van der Waals surface area contributed by atoms with Crippen molar-refractivity contribution in [1.29, 1.82) is 0 Å². The second-order valence-electron chi connectivity index (χ2n) is 5.86. The van der Waals surface area contributed by atoms with Gasteiger partial charge < -0.3 is 4.74 Å². The number of rotatable bonds is 1. The highest BCUT2D eigenvalue weighted by molar-refractivity contribution is 6.72. The van der Waals surface area contributed by atoms with E-state index in [2.05, 4.69) is 4.74 Å². The lowest BCUT2D eigenvalue weighted by Gasteiger charge is -2.27. The fourth-order valence-electron chi connectivity index (χ4n) is 0.884. The van der Waals surface area contributed by atoms with Crippen LogP contribution < -0.4 is 0 Å². The molecule has 1 fully saturated rings. The van der Waals surface area contributed by atoms with Crippen molar-refractivity contribution in [2.45, 2.75) is 71.0 Å². The summed E-state index contributed by atoms with van der Waals surface area (Å²) in [5.41, 5.74) is 0. The number of hydrogen-bond acceptors (Lipinski definition) is 2. The zero-order valence-corrected chi connectivity index (χ0v) is 13.3. The van der Waals surface area contributed by atoms with Crippen molar-refractivity contribution in [2.24, 2.45) is 0 Å². The summed E-state index contributed by atoms with van der Waals surface area (Å²) in [7, 11) is -0.796. The van der Waals surface area contributed by atoms with E-state index in [1.54, 1.807) is 0 Å². The Hall–Kier alpha value is -0.353. The summed E-state index contributed by atoms with van der Waals surface area (Å²) in [6.07, 6.45) is 7.50. The molecule has 0 amide bonds. The van der Waals surface area contributed by atoms with Crippen LogP contribution in [0, 0.1) is 0 Å². The maximum absolute atomic E-state index is 11.3. The van der Waals surface area contributed by atoms with E-state index in [0.29, 0.717) is 6.47 Å². The smallest absolute Gasteiger partial charge is 0.292 e. The molecule has 1 aliphatic rings. The molecule has 0 bridgehead atoms. The number of methoxy groups -OCH3 is 1. The van der Waals surface area contributed by atoms with Crippen LogP contribution in [-0.4, -0.2) is 21.9 Å². The second kappa shape index (κ2) is 9.65. The van der Waals surface area contributed by atoms with Gasteiger partial charge in [-0.15, -0.1) is 0 Å². The Morgan fingerprint density at radius 3 is 1.24 bits per heavy atom. The van der Waals surface area contributed by atoms with Crippen LogP contribution in [0.15, 0.2) is 0 Å². The number of carbonyl (C=O) groups is 1. The third-order valence-corrected chi connectivity index (χ3v) is 6.76. The van der Waals surface area contributed by atoms with Crippen LogP contribution in [0.5, 0.6) is 0 Å². The lowest BCUT2D eigenvalue weighted by molar-refractivity contribution is -0.126. The van der Waals surface area contributed by atoms with Gasteiger partial charge in [0, 0.05) is 0 Å². The van der Waals surface area contributed by atoms with Gasteiger partial charge in [-0.25, -0.2) is 0 Å². The van der Waals surface area contributed by atoms with E-state index in [-0.39, 0.29) is 5.04 Å². The van der Waals surface area contributed by atoms with Gasteiger partial charge in [-0.1, -0.05) is 52.9 Å². The standard InChI is InChI=1S/C6H15OSi.C5H10.C2H4O2/c1-6(2,3)8(4,5)7;1-2-4-5-3-1;1-4-2-3/h1-5H3;1-5H2;2H,1H3. The van der Waals surface area contributed by atoms with Crippen LogP contribution in [0.4, 0.5) is 0 Å². The van der Waals surface area contributed by atoms with Gasteiger partial charge in [0.1, 0.15) is 0 Å². The molecular weight excluding hydrogens is 232 g/mol.